The lowest BCUT2D eigenvalue weighted by Crippen LogP contribution is -2.19. The molecule has 0 aromatic heterocycles. The quantitative estimate of drug-likeness (QED) is 0.229. The van der Waals surface area contributed by atoms with Gasteiger partial charge < -0.3 is 9.05 Å². The Hall–Kier alpha value is -2.63. The van der Waals surface area contributed by atoms with E-state index in [0.717, 1.165) is 0 Å². The van der Waals surface area contributed by atoms with Crippen LogP contribution in [0.25, 0.3) is 0 Å². The summed E-state index contributed by atoms with van der Waals surface area (Å²) in [4.78, 5) is 10.9. The van der Waals surface area contributed by atoms with Gasteiger partial charge in [0.1, 0.15) is 11.5 Å². The molecule has 1 atom stereocenters. The summed E-state index contributed by atoms with van der Waals surface area (Å²) >= 11 is 3.40. The van der Waals surface area contributed by atoms with Crippen molar-refractivity contribution < 1.29 is 18.5 Å². The Morgan fingerprint density at radius 3 is 1.79 bits per heavy atom. The van der Waals surface area contributed by atoms with Crippen LogP contribution < -0.4 is 9.05 Å². The first kappa shape index (κ1) is 20.1. The first-order valence-electron chi connectivity index (χ1n) is 8.43. The van der Waals surface area contributed by atoms with Crippen molar-refractivity contribution in [3.63, 3.8) is 0 Å². The Kier molecular flexibility index (Phi) is 6.49. The number of para-hydroxylation sites is 2. The molecule has 0 amide bonds. The van der Waals surface area contributed by atoms with E-state index in [2.05, 4.69) is 15.9 Å². The normalized spacial score (nSPS) is 12.2. The van der Waals surface area contributed by atoms with Gasteiger partial charge in [-0.1, -0.05) is 70.5 Å². The summed E-state index contributed by atoms with van der Waals surface area (Å²) in [5.41, 5.74) is -0.632. The summed E-state index contributed by atoms with van der Waals surface area (Å²) in [6, 6.07) is 23.9. The first-order valence-corrected chi connectivity index (χ1v) is 10.8. The molecule has 0 spiro atoms. The van der Waals surface area contributed by atoms with E-state index in [4.69, 9.17) is 9.05 Å². The number of hydrogen-bond acceptors (Lipinski definition) is 5. The SMILES string of the molecule is O=[N+]([O-])C[C@@H](c1ccccc1Br)P(=O)(Oc1ccccc1)Oc1ccccc1. The summed E-state index contributed by atoms with van der Waals surface area (Å²) in [6.07, 6.45) is 0. The zero-order chi connectivity index (χ0) is 20.0. The highest BCUT2D eigenvalue weighted by Crippen LogP contribution is 2.61. The molecule has 0 saturated carbocycles. The molecule has 8 heteroatoms. The molecule has 3 aromatic rings. The molecule has 0 bridgehead atoms. The summed E-state index contributed by atoms with van der Waals surface area (Å²) in [5, 5.41) is 11.4. The van der Waals surface area contributed by atoms with Crippen LogP contribution in [0.3, 0.4) is 0 Å². The second-order valence-corrected chi connectivity index (χ2v) is 8.82. The van der Waals surface area contributed by atoms with Gasteiger partial charge in [0, 0.05) is 9.40 Å². The van der Waals surface area contributed by atoms with Gasteiger partial charge in [0.2, 0.25) is 6.54 Å². The van der Waals surface area contributed by atoms with Crippen LogP contribution >= 0.6 is 23.5 Å². The van der Waals surface area contributed by atoms with Crippen LogP contribution in [0.15, 0.2) is 89.4 Å². The smallest absolute Gasteiger partial charge is 0.415 e. The third-order valence-corrected chi connectivity index (χ3v) is 6.78. The van der Waals surface area contributed by atoms with Crippen molar-refractivity contribution in [2.75, 3.05) is 6.54 Å². The minimum Gasteiger partial charge on any atom is -0.415 e. The van der Waals surface area contributed by atoms with E-state index in [-0.39, 0.29) is 0 Å². The fourth-order valence-corrected chi connectivity index (χ4v) is 5.42. The van der Waals surface area contributed by atoms with Crippen LogP contribution in [-0.4, -0.2) is 11.5 Å². The third kappa shape index (κ3) is 5.00. The maximum Gasteiger partial charge on any atom is 0.444 e. The van der Waals surface area contributed by atoms with Gasteiger partial charge in [0.15, 0.2) is 5.66 Å². The van der Waals surface area contributed by atoms with Crippen LogP contribution in [0.2, 0.25) is 0 Å². The van der Waals surface area contributed by atoms with Crippen molar-refractivity contribution in [1.82, 2.24) is 0 Å². The molecule has 28 heavy (non-hydrogen) atoms. The van der Waals surface area contributed by atoms with Crippen molar-refractivity contribution in [3.8, 4) is 11.5 Å². The lowest BCUT2D eigenvalue weighted by molar-refractivity contribution is -0.480. The molecule has 0 N–H and O–H groups in total. The van der Waals surface area contributed by atoms with Crippen LogP contribution in [-0.2, 0) is 4.57 Å². The predicted molar refractivity (Wildman–Crippen MR) is 110 cm³/mol. The average molecular weight is 462 g/mol. The Bertz CT molecular complexity index is 939. The predicted octanol–water partition coefficient (Wildman–Crippen LogP) is 6.12. The Labute approximate surface area is 170 Å². The molecule has 0 radical (unpaired) electrons. The number of nitro groups is 1. The highest BCUT2D eigenvalue weighted by molar-refractivity contribution is 9.10. The molecule has 0 aliphatic carbocycles. The first-order chi connectivity index (χ1) is 13.5. The lowest BCUT2D eigenvalue weighted by Gasteiger charge is -2.26. The zero-order valence-corrected chi connectivity index (χ0v) is 17.2. The Morgan fingerprint density at radius 1 is 0.857 bits per heavy atom. The molecule has 3 aromatic carbocycles. The van der Waals surface area contributed by atoms with Crippen LogP contribution in [0.1, 0.15) is 11.2 Å². The number of rotatable bonds is 8. The standard InChI is InChI=1S/C20H17BrNO5P/c21-19-14-8-7-13-18(19)20(15-22(23)24)28(25,26-16-9-3-1-4-10-16)27-17-11-5-2-6-12-17/h1-14,20H,15H2/t20-/m0/s1. The molecule has 6 nitrogen and oxygen atoms in total. The number of nitrogens with zero attached hydrogens (tertiary/aromatic N) is 1. The minimum atomic E-state index is -4.05. The van der Waals surface area contributed by atoms with Crippen LogP contribution in [0.4, 0.5) is 0 Å². The van der Waals surface area contributed by atoms with Crippen molar-refractivity contribution in [2.24, 2.45) is 0 Å². The second kappa shape index (κ2) is 9.04. The largest absolute Gasteiger partial charge is 0.444 e. The van der Waals surface area contributed by atoms with Gasteiger partial charge in [-0.05, 0) is 35.9 Å². The highest BCUT2D eigenvalue weighted by atomic mass is 79.9. The monoisotopic (exact) mass is 461 g/mol. The number of hydrogen-bond donors (Lipinski definition) is 0. The van der Waals surface area contributed by atoms with Crippen molar-refractivity contribution in [2.45, 2.75) is 5.66 Å². The Morgan fingerprint density at radius 2 is 1.32 bits per heavy atom. The van der Waals surface area contributed by atoms with Gasteiger partial charge >= 0.3 is 7.60 Å². The van der Waals surface area contributed by atoms with Gasteiger partial charge in [-0.15, -0.1) is 0 Å². The van der Waals surface area contributed by atoms with E-state index in [0.29, 0.717) is 21.5 Å². The number of benzene rings is 3. The van der Waals surface area contributed by atoms with Gasteiger partial charge in [-0.2, -0.15) is 0 Å². The molecule has 0 heterocycles. The molecule has 0 aliphatic rings. The fraction of sp³-hybridized carbons (Fsp3) is 0.100. The molecule has 0 saturated heterocycles. The zero-order valence-electron chi connectivity index (χ0n) is 14.7. The molecular formula is C20H17BrNO5P. The lowest BCUT2D eigenvalue weighted by atomic mass is 10.1. The molecular weight excluding hydrogens is 445 g/mol. The van der Waals surface area contributed by atoms with E-state index in [1.807, 2.05) is 0 Å². The van der Waals surface area contributed by atoms with E-state index >= 15 is 0 Å². The molecule has 144 valence electrons. The summed E-state index contributed by atoms with van der Waals surface area (Å²) in [5.74, 6) is 0.615. The molecule has 3 rings (SSSR count). The summed E-state index contributed by atoms with van der Waals surface area (Å²) in [6.45, 7) is -0.612. The maximum atomic E-state index is 14.0. The van der Waals surface area contributed by atoms with Gasteiger partial charge in [0.05, 0.1) is 0 Å². The van der Waals surface area contributed by atoms with Crippen molar-refractivity contribution in [1.29, 1.82) is 0 Å². The van der Waals surface area contributed by atoms with Gasteiger partial charge in [-0.3, -0.25) is 10.1 Å². The fourth-order valence-electron chi connectivity index (χ4n) is 2.66. The molecule has 0 fully saturated rings. The highest BCUT2D eigenvalue weighted by Gasteiger charge is 2.45. The molecule has 0 unspecified atom stereocenters. The topological polar surface area (TPSA) is 78.7 Å². The average Bonchev–Trinajstić information content (AvgIpc) is 2.68. The summed E-state index contributed by atoms with van der Waals surface area (Å²) in [7, 11) is -4.05. The van der Waals surface area contributed by atoms with E-state index in [1.165, 1.54) is 0 Å². The van der Waals surface area contributed by atoms with Crippen molar-refractivity contribution in [3.05, 3.63) is 105 Å². The van der Waals surface area contributed by atoms with E-state index in [9.17, 15) is 14.7 Å². The van der Waals surface area contributed by atoms with Gasteiger partial charge in [-0.25, -0.2) is 4.57 Å². The van der Waals surface area contributed by atoms with Crippen molar-refractivity contribution >= 4 is 23.5 Å². The molecule has 0 aliphatic heterocycles. The minimum absolute atomic E-state index is 0.308. The van der Waals surface area contributed by atoms with E-state index in [1.54, 1.807) is 84.9 Å². The third-order valence-electron chi connectivity index (χ3n) is 3.92. The Balaban J connectivity index is 2.09. The second-order valence-electron chi connectivity index (χ2n) is 5.90. The van der Waals surface area contributed by atoms with E-state index < -0.39 is 24.7 Å². The summed E-state index contributed by atoms with van der Waals surface area (Å²) < 4.78 is 26.1. The maximum absolute atomic E-state index is 14.0. The van der Waals surface area contributed by atoms with Crippen LogP contribution in [0, 0.1) is 10.1 Å². The number of halogens is 1. The van der Waals surface area contributed by atoms with Crippen LogP contribution in [0.5, 0.6) is 11.5 Å². The van der Waals surface area contributed by atoms with Gasteiger partial charge in [0.25, 0.3) is 0 Å².